The number of allylic oxidation sites excluding steroid dienone is 3. The van der Waals surface area contributed by atoms with E-state index >= 15 is 0 Å². The highest BCUT2D eigenvalue weighted by Crippen LogP contribution is 2.31. The molecule has 0 unspecified atom stereocenters. The Labute approximate surface area is 160 Å². The number of methoxy groups -OCH3 is 1. The van der Waals surface area contributed by atoms with E-state index in [2.05, 4.69) is 23.5 Å². The van der Waals surface area contributed by atoms with E-state index in [0.717, 1.165) is 40.2 Å². The molecule has 0 radical (unpaired) electrons. The number of phenolic OH excluding ortho intramolecular Hbond substituents is 1. The smallest absolute Gasteiger partial charge is 0.223 e. The van der Waals surface area contributed by atoms with Crippen molar-refractivity contribution in [3.63, 3.8) is 0 Å². The first kappa shape index (κ1) is 18.8. The summed E-state index contributed by atoms with van der Waals surface area (Å²) in [4.78, 5) is 4.82. The lowest BCUT2D eigenvalue weighted by atomic mass is 10.0. The van der Waals surface area contributed by atoms with Crippen molar-refractivity contribution in [3.05, 3.63) is 71.2 Å². The van der Waals surface area contributed by atoms with E-state index in [0.29, 0.717) is 12.3 Å². The summed E-state index contributed by atoms with van der Waals surface area (Å²) in [7, 11) is 3.56. The van der Waals surface area contributed by atoms with E-state index in [9.17, 15) is 5.11 Å². The second kappa shape index (κ2) is 8.14. The molecule has 1 aromatic carbocycles. The van der Waals surface area contributed by atoms with Crippen molar-refractivity contribution < 1.29 is 9.84 Å². The second-order valence-corrected chi connectivity index (χ2v) is 6.50. The number of nitrogens with two attached hydrogens (primary N) is 1. The van der Waals surface area contributed by atoms with E-state index in [4.69, 9.17) is 15.5 Å². The van der Waals surface area contributed by atoms with Crippen LogP contribution in [0.2, 0.25) is 0 Å². The number of ether oxygens (including phenoxy) is 1. The summed E-state index contributed by atoms with van der Waals surface area (Å²) in [5, 5.41) is 9.91. The predicted octanol–water partition coefficient (Wildman–Crippen LogP) is 2.77. The van der Waals surface area contributed by atoms with Crippen molar-refractivity contribution in [2.24, 2.45) is 10.7 Å². The minimum atomic E-state index is 0.120. The van der Waals surface area contributed by atoms with Gasteiger partial charge in [0.25, 0.3) is 0 Å². The highest BCUT2D eigenvalue weighted by atomic mass is 16.5. The van der Waals surface area contributed by atoms with Gasteiger partial charge in [-0.05, 0) is 73.6 Å². The van der Waals surface area contributed by atoms with Gasteiger partial charge < -0.3 is 20.1 Å². The van der Waals surface area contributed by atoms with E-state index in [-0.39, 0.29) is 5.75 Å². The fraction of sp³-hybridized carbons (Fsp3) is 0.190. The highest BCUT2D eigenvalue weighted by molar-refractivity contribution is 6.11. The first-order chi connectivity index (χ1) is 13.0. The minimum Gasteiger partial charge on any atom is -0.504 e. The molecule has 3 rings (SSSR count). The van der Waals surface area contributed by atoms with Crippen molar-refractivity contribution in [2.75, 3.05) is 13.7 Å². The molecule has 3 N–H and O–H groups in total. The molecular weight excluding hydrogens is 337 g/mol. The maximum atomic E-state index is 9.91. The van der Waals surface area contributed by atoms with Gasteiger partial charge >= 0.3 is 0 Å². The molecule has 138 valence electrons. The third-order valence-corrected chi connectivity index (χ3v) is 4.56. The van der Waals surface area contributed by atoms with Crippen LogP contribution >= 0.6 is 0 Å². The third-order valence-electron chi connectivity index (χ3n) is 4.56. The Hall–Kier alpha value is -2.99. The maximum absolute atomic E-state index is 9.91. The van der Waals surface area contributed by atoms with Crippen LogP contribution in [-0.4, -0.2) is 36.9 Å². The summed E-state index contributed by atoms with van der Waals surface area (Å²) in [5.41, 5.74) is 12.0. The van der Waals surface area contributed by atoms with Crippen molar-refractivity contribution in [3.8, 4) is 11.5 Å². The van der Waals surface area contributed by atoms with Gasteiger partial charge in [0.2, 0.25) is 7.98 Å². The lowest BCUT2D eigenvalue weighted by Crippen LogP contribution is -2.05. The SMILES string of the molecule is Bn1cccc1/C(CCN)=C1N=C(/C=C/c2ccc(OC)c(O)c2)C=C\1C. The molecular formula is C21H24BN3O2. The van der Waals surface area contributed by atoms with Crippen molar-refractivity contribution in [2.45, 2.75) is 13.3 Å². The number of benzene rings is 1. The van der Waals surface area contributed by atoms with Gasteiger partial charge in [-0.25, -0.2) is 4.99 Å². The van der Waals surface area contributed by atoms with Crippen LogP contribution in [-0.2, 0) is 0 Å². The molecule has 0 spiro atoms. The molecule has 5 nitrogen and oxygen atoms in total. The fourth-order valence-corrected chi connectivity index (χ4v) is 3.21. The lowest BCUT2D eigenvalue weighted by Gasteiger charge is -2.11. The number of nitrogens with zero attached hydrogens (tertiary/aromatic N) is 2. The molecule has 0 amide bonds. The Kier molecular flexibility index (Phi) is 5.67. The molecule has 27 heavy (non-hydrogen) atoms. The Morgan fingerprint density at radius 1 is 1.33 bits per heavy atom. The molecule has 0 fully saturated rings. The quantitative estimate of drug-likeness (QED) is 0.777. The third kappa shape index (κ3) is 4.06. The number of rotatable bonds is 6. The predicted molar refractivity (Wildman–Crippen MR) is 114 cm³/mol. The molecule has 2 heterocycles. The first-order valence-electron chi connectivity index (χ1n) is 8.91. The summed E-state index contributed by atoms with van der Waals surface area (Å²) in [6.07, 6.45) is 8.74. The standard InChI is InChI=1S/C21H24BN3O2/c1-14-12-16(7-5-15-6-8-20(27-2)19(26)13-15)24-21(14)17(9-10-23)18-4-3-11-25(18)22/h3-8,11-13,26H,9-10,22-23H2,1-2H3/b7-5+,21-17-. The number of aromatic hydroxyl groups is 1. The molecule has 1 aromatic heterocycles. The van der Waals surface area contributed by atoms with Gasteiger partial charge in [0.15, 0.2) is 11.5 Å². The first-order valence-corrected chi connectivity index (χ1v) is 8.91. The van der Waals surface area contributed by atoms with Crippen LogP contribution < -0.4 is 10.5 Å². The van der Waals surface area contributed by atoms with Crippen molar-refractivity contribution >= 4 is 25.3 Å². The lowest BCUT2D eigenvalue weighted by molar-refractivity contribution is 0.373. The van der Waals surface area contributed by atoms with Crippen LogP contribution in [0.25, 0.3) is 11.6 Å². The van der Waals surface area contributed by atoms with Gasteiger partial charge in [-0.2, -0.15) is 0 Å². The van der Waals surface area contributed by atoms with Gasteiger partial charge in [0.1, 0.15) is 0 Å². The molecule has 0 saturated carbocycles. The average molecular weight is 361 g/mol. The highest BCUT2D eigenvalue weighted by Gasteiger charge is 2.16. The Morgan fingerprint density at radius 3 is 2.78 bits per heavy atom. The number of hydrogen-bond donors (Lipinski definition) is 2. The second-order valence-electron chi connectivity index (χ2n) is 6.50. The van der Waals surface area contributed by atoms with Crippen molar-refractivity contribution in [1.29, 1.82) is 0 Å². The molecule has 0 saturated heterocycles. The van der Waals surface area contributed by atoms with Crippen LogP contribution in [0.4, 0.5) is 0 Å². The molecule has 0 aliphatic carbocycles. The van der Waals surface area contributed by atoms with Gasteiger partial charge in [0, 0.05) is 11.3 Å². The van der Waals surface area contributed by atoms with Crippen LogP contribution in [0.3, 0.4) is 0 Å². The molecule has 2 aromatic rings. The average Bonchev–Trinajstić information content (AvgIpc) is 3.23. The zero-order valence-corrected chi connectivity index (χ0v) is 15.9. The van der Waals surface area contributed by atoms with E-state index in [1.165, 1.54) is 7.11 Å². The largest absolute Gasteiger partial charge is 0.504 e. The normalized spacial score (nSPS) is 15.8. The molecule has 1 aliphatic rings. The Balaban J connectivity index is 1.92. The topological polar surface area (TPSA) is 72.8 Å². The van der Waals surface area contributed by atoms with E-state index < -0.39 is 0 Å². The van der Waals surface area contributed by atoms with Gasteiger partial charge in [-0.3, -0.25) is 0 Å². The van der Waals surface area contributed by atoms with Crippen LogP contribution in [0.1, 0.15) is 24.6 Å². The number of hydrogen-bond acceptors (Lipinski definition) is 4. The Bertz CT molecular complexity index is 968. The number of phenols is 1. The summed E-state index contributed by atoms with van der Waals surface area (Å²) in [6.45, 7) is 2.64. The Morgan fingerprint density at radius 2 is 2.15 bits per heavy atom. The van der Waals surface area contributed by atoms with Crippen LogP contribution in [0, 0.1) is 0 Å². The zero-order chi connectivity index (χ0) is 19.4. The van der Waals surface area contributed by atoms with Gasteiger partial charge in [0.05, 0.1) is 18.5 Å². The summed E-state index contributed by atoms with van der Waals surface area (Å²) >= 11 is 0. The van der Waals surface area contributed by atoms with Crippen LogP contribution in [0.15, 0.2) is 64.9 Å². The number of aromatic nitrogens is 1. The zero-order valence-electron chi connectivity index (χ0n) is 15.9. The molecule has 0 atom stereocenters. The van der Waals surface area contributed by atoms with Crippen LogP contribution in [0.5, 0.6) is 11.5 Å². The molecule has 6 heteroatoms. The summed E-state index contributed by atoms with van der Waals surface area (Å²) in [5.74, 6) is 0.578. The summed E-state index contributed by atoms with van der Waals surface area (Å²) in [6, 6.07) is 9.42. The molecule has 1 aliphatic heterocycles. The van der Waals surface area contributed by atoms with Gasteiger partial charge in [-0.1, -0.05) is 12.1 Å². The molecule has 0 bridgehead atoms. The van der Waals surface area contributed by atoms with E-state index in [1.807, 2.05) is 38.5 Å². The number of aliphatic imine (C=N–C) groups is 1. The van der Waals surface area contributed by atoms with Gasteiger partial charge in [-0.15, -0.1) is 0 Å². The maximum Gasteiger partial charge on any atom is 0.223 e. The fourth-order valence-electron chi connectivity index (χ4n) is 3.21. The minimum absolute atomic E-state index is 0.120. The van der Waals surface area contributed by atoms with Crippen molar-refractivity contribution in [1.82, 2.24) is 4.48 Å². The summed E-state index contributed by atoms with van der Waals surface area (Å²) < 4.78 is 7.17. The van der Waals surface area contributed by atoms with E-state index in [1.54, 1.807) is 12.1 Å². The monoisotopic (exact) mass is 361 g/mol.